The molecule has 0 amide bonds. The lowest BCUT2D eigenvalue weighted by Gasteiger charge is -2.10. The first-order chi connectivity index (χ1) is 8.25. The molecule has 2 rings (SSSR count). The molecule has 0 aliphatic carbocycles. The molecule has 2 nitrogen and oxygen atoms in total. The molecule has 1 heterocycles. The van der Waals surface area contributed by atoms with E-state index < -0.39 is 0 Å². The maximum absolute atomic E-state index is 6.04. The molecule has 1 atom stereocenters. The Hall–Kier alpha value is -0.0900. The summed E-state index contributed by atoms with van der Waals surface area (Å²) in [6, 6.07) is 6.05. The molecule has 1 saturated heterocycles. The molecule has 1 aliphatic rings. The fourth-order valence-electron chi connectivity index (χ4n) is 2.02. The van der Waals surface area contributed by atoms with Gasteiger partial charge in [-0.2, -0.15) is 0 Å². The van der Waals surface area contributed by atoms with E-state index in [9.17, 15) is 0 Å². The van der Waals surface area contributed by atoms with Gasteiger partial charge in [-0.25, -0.2) is 0 Å². The highest BCUT2D eigenvalue weighted by molar-refractivity contribution is 9.10. The Morgan fingerprint density at radius 2 is 2.35 bits per heavy atom. The molecule has 0 bridgehead atoms. The summed E-state index contributed by atoms with van der Waals surface area (Å²) in [6.07, 6.45) is 4.00. The van der Waals surface area contributed by atoms with Gasteiger partial charge in [0, 0.05) is 17.6 Å². The minimum atomic E-state index is 0.469. The summed E-state index contributed by atoms with van der Waals surface area (Å²) in [6.45, 7) is 2.80. The minimum Gasteiger partial charge on any atom is -0.378 e. The van der Waals surface area contributed by atoms with Gasteiger partial charge in [0.15, 0.2) is 0 Å². The summed E-state index contributed by atoms with van der Waals surface area (Å²) in [5.74, 6) is 0. The predicted molar refractivity (Wildman–Crippen MR) is 74.4 cm³/mol. The van der Waals surface area contributed by atoms with Crippen molar-refractivity contribution in [3.63, 3.8) is 0 Å². The Labute approximate surface area is 116 Å². The van der Waals surface area contributed by atoms with Crippen LogP contribution < -0.4 is 5.32 Å². The topological polar surface area (TPSA) is 21.3 Å². The summed E-state index contributed by atoms with van der Waals surface area (Å²) >= 11 is 9.42. The minimum absolute atomic E-state index is 0.469. The molecule has 1 fully saturated rings. The molecule has 4 heteroatoms. The van der Waals surface area contributed by atoms with Crippen LogP contribution >= 0.6 is 27.5 Å². The number of benzene rings is 1. The van der Waals surface area contributed by atoms with Gasteiger partial charge in [-0.3, -0.25) is 0 Å². The molecule has 17 heavy (non-hydrogen) atoms. The van der Waals surface area contributed by atoms with Crippen LogP contribution in [0.2, 0.25) is 5.02 Å². The highest BCUT2D eigenvalue weighted by atomic mass is 79.9. The van der Waals surface area contributed by atoms with E-state index in [-0.39, 0.29) is 0 Å². The molecule has 0 radical (unpaired) electrons. The first-order valence-electron chi connectivity index (χ1n) is 6.02. The van der Waals surface area contributed by atoms with E-state index in [4.69, 9.17) is 16.3 Å². The predicted octanol–water partition coefficient (Wildman–Crippen LogP) is 3.76. The maximum atomic E-state index is 6.04. The molecular weight excluding hydrogens is 302 g/mol. The zero-order valence-corrected chi connectivity index (χ0v) is 12.1. The van der Waals surface area contributed by atoms with E-state index in [2.05, 4.69) is 27.3 Å². The van der Waals surface area contributed by atoms with E-state index in [1.54, 1.807) is 0 Å². The molecule has 0 saturated carbocycles. The first kappa shape index (κ1) is 13.3. The van der Waals surface area contributed by atoms with Gasteiger partial charge in [-0.05, 0) is 59.4 Å². The zero-order chi connectivity index (χ0) is 12.1. The highest BCUT2D eigenvalue weighted by Gasteiger charge is 2.14. The molecule has 1 aromatic rings. The Balaban J connectivity index is 1.68. The monoisotopic (exact) mass is 317 g/mol. The Morgan fingerprint density at radius 3 is 3.06 bits per heavy atom. The largest absolute Gasteiger partial charge is 0.378 e. The maximum Gasteiger partial charge on any atom is 0.0588 e. The summed E-state index contributed by atoms with van der Waals surface area (Å²) < 4.78 is 6.52. The molecule has 1 unspecified atom stereocenters. The van der Waals surface area contributed by atoms with E-state index >= 15 is 0 Å². The smallest absolute Gasteiger partial charge is 0.0588 e. The normalized spacial score (nSPS) is 19.8. The second kappa shape index (κ2) is 6.74. The fourth-order valence-corrected chi connectivity index (χ4v) is 2.47. The fraction of sp³-hybridized carbons (Fsp3) is 0.538. The van der Waals surface area contributed by atoms with Gasteiger partial charge in [-0.15, -0.1) is 0 Å². The van der Waals surface area contributed by atoms with Crippen molar-refractivity contribution in [1.29, 1.82) is 0 Å². The SMILES string of the molecule is Clc1cc(CNCCC2CCCO2)ccc1Br. The second-order valence-electron chi connectivity index (χ2n) is 4.35. The van der Waals surface area contributed by atoms with Crippen molar-refractivity contribution in [2.24, 2.45) is 0 Å². The number of ether oxygens (including phenoxy) is 1. The summed E-state index contributed by atoms with van der Waals surface area (Å²) in [5, 5.41) is 4.19. The van der Waals surface area contributed by atoms with Crippen LogP contribution in [0, 0.1) is 0 Å². The third-order valence-corrected chi connectivity index (χ3v) is 4.21. The zero-order valence-electron chi connectivity index (χ0n) is 9.72. The van der Waals surface area contributed by atoms with E-state index in [0.717, 1.165) is 35.6 Å². The summed E-state index contributed by atoms with van der Waals surface area (Å²) in [4.78, 5) is 0. The van der Waals surface area contributed by atoms with Gasteiger partial charge < -0.3 is 10.1 Å². The van der Waals surface area contributed by atoms with Crippen LogP contribution in [0.1, 0.15) is 24.8 Å². The van der Waals surface area contributed by atoms with Crippen molar-refractivity contribution >= 4 is 27.5 Å². The first-order valence-corrected chi connectivity index (χ1v) is 7.19. The molecule has 1 aliphatic heterocycles. The number of halogens is 2. The van der Waals surface area contributed by atoms with Gasteiger partial charge >= 0.3 is 0 Å². The third-order valence-electron chi connectivity index (χ3n) is 2.98. The lowest BCUT2D eigenvalue weighted by molar-refractivity contribution is 0.104. The lowest BCUT2D eigenvalue weighted by atomic mass is 10.2. The number of hydrogen-bond donors (Lipinski definition) is 1. The van der Waals surface area contributed by atoms with Crippen molar-refractivity contribution in [2.75, 3.05) is 13.2 Å². The summed E-state index contributed by atoms with van der Waals surface area (Å²) in [7, 11) is 0. The standard InChI is InChI=1S/C13H17BrClNO/c14-12-4-3-10(8-13(12)15)9-16-6-5-11-2-1-7-17-11/h3-4,8,11,16H,1-2,5-7,9H2. The summed E-state index contributed by atoms with van der Waals surface area (Å²) in [5.41, 5.74) is 1.21. The Morgan fingerprint density at radius 1 is 1.47 bits per heavy atom. The number of hydrogen-bond acceptors (Lipinski definition) is 2. The number of rotatable bonds is 5. The van der Waals surface area contributed by atoms with Crippen LogP contribution in [0.3, 0.4) is 0 Å². The average Bonchev–Trinajstić information content (AvgIpc) is 2.82. The molecule has 94 valence electrons. The number of nitrogens with one attached hydrogen (secondary N) is 1. The van der Waals surface area contributed by atoms with Gasteiger partial charge in [0.1, 0.15) is 0 Å². The van der Waals surface area contributed by atoms with Crippen molar-refractivity contribution in [3.05, 3.63) is 33.3 Å². The van der Waals surface area contributed by atoms with Crippen LogP contribution in [0.25, 0.3) is 0 Å². The van der Waals surface area contributed by atoms with Crippen LogP contribution in [-0.2, 0) is 11.3 Å². The third kappa shape index (κ3) is 4.25. The van der Waals surface area contributed by atoms with Gasteiger partial charge in [-0.1, -0.05) is 17.7 Å². The van der Waals surface area contributed by atoms with Gasteiger partial charge in [0.25, 0.3) is 0 Å². The van der Waals surface area contributed by atoms with Gasteiger partial charge in [0.2, 0.25) is 0 Å². The quantitative estimate of drug-likeness (QED) is 0.835. The highest BCUT2D eigenvalue weighted by Crippen LogP contribution is 2.23. The van der Waals surface area contributed by atoms with Crippen molar-refractivity contribution in [1.82, 2.24) is 5.32 Å². The average molecular weight is 319 g/mol. The van der Waals surface area contributed by atoms with Gasteiger partial charge in [0.05, 0.1) is 11.1 Å². The molecule has 1 aromatic carbocycles. The van der Waals surface area contributed by atoms with Crippen LogP contribution in [0.4, 0.5) is 0 Å². The molecule has 0 spiro atoms. The molecule has 0 aromatic heterocycles. The molecule has 1 N–H and O–H groups in total. The van der Waals surface area contributed by atoms with Crippen molar-refractivity contribution < 1.29 is 4.74 Å². The second-order valence-corrected chi connectivity index (χ2v) is 5.61. The van der Waals surface area contributed by atoms with Crippen LogP contribution in [0.5, 0.6) is 0 Å². The van der Waals surface area contributed by atoms with E-state index in [1.807, 2.05) is 12.1 Å². The van der Waals surface area contributed by atoms with Crippen molar-refractivity contribution in [2.45, 2.75) is 31.9 Å². The molecular formula is C13H17BrClNO. The Kier molecular flexibility index (Phi) is 5.29. The van der Waals surface area contributed by atoms with E-state index in [1.165, 1.54) is 18.4 Å². The van der Waals surface area contributed by atoms with Crippen molar-refractivity contribution in [3.8, 4) is 0 Å². The lowest BCUT2D eigenvalue weighted by Crippen LogP contribution is -2.19. The Bertz CT molecular complexity index is 366. The van der Waals surface area contributed by atoms with E-state index in [0.29, 0.717) is 6.10 Å². The van der Waals surface area contributed by atoms with Crippen LogP contribution in [0.15, 0.2) is 22.7 Å². The van der Waals surface area contributed by atoms with Crippen LogP contribution in [-0.4, -0.2) is 19.3 Å².